The Kier molecular flexibility index (Phi) is 5.88. The Bertz CT molecular complexity index is 544. The number of hydrogen-bond donors (Lipinski definition) is 1. The largest absolute Gasteiger partial charge is 0.377 e. The van der Waals surface area contributed by atoms with Crippen LogP contribution in [0.1, 0.15) is 18.4 Å². The van der Waals surface area contributed by atoms with E-state index in [2.05, 4.69) is 29.1 Å². The zero-order valence-corrected chi connectivity index (χ0v) is 15.1. The van der Waals surface area contributed by atoms with Crippen LogP contribution in [0.15, 0.2) is 18.2 Å². The van der Waals surface area contributed by atoms with E-state index in [0.717, 1.165) is 24.3 Å². The molecule has 1 aliphatic heterocycles. The summed E-state index contributed by atoms with van der Waals surface area (Å²) >= 11 is 0. The third-order valence-electron chi connectivity index (χ3n) is 4.53. The van der Waals surface area contributed by atoms with Crippen molar-refractivity contribution in [1.29, 1.82) is 0 Å². The van der Waals surface area contributed by atoms with Crippen molar-refractivity contribution in [3.63, 3.8) is 0 Å². The summed E-state index contributed by atoms with van der Waals surface area (Å²) in [5.74, 6) is 0.572. The number of carbonyl (C=O) groups excluding carboxylic acids is 1. The van der Waals surface area contributed by atoms with Gasteiger partial charge in [0.2, 0.25) is 0 Å². The molecule has 0 bridgehead atoms. The van der Waals surface area contributed by atoms with Crippen molar-refractivity contribution in [2.75, 3.05) is 58.0 Å². The molecule has 1 saturated heterocycles. The molecular formula is C18H30N4O. The highest BCUT2D eigenvalue weighted by molar-refractivity contribution is 5.89. The highest BCUT2D eigenvalue weighted by atomic mass is 16.2. The Morgan fingerprint density at radius 3 is 2.70 bits per heavy atom. The number of piperidine rings is 1. The molecule has 5 nitrogen and oxygen atoms in total. The number of nitrogens with zero attached hydrogens (tertiary/aromatic N) is 3. The lowest BCUT2D eigenvalue weighted by Gasteiger charge is -2.32. The highest BCUT2D eigenvalue weighted by Crippen LogP contribution is 2.22. The molecule has 1 heterocycles. The number of carbonyl (C=O) groups is 1. The van der Waals surface area contributed by atoms with Crippen molar-refractivity contribution in [2.45, 2.75) is 19.8 Å². The van der Waals surface area contributed by atoms with E-state index in [9.17, 15) is 4.79 Å². The van der Waals surface area contributed by atoms with Gasteiger partial charge >= 0.3 is 6.03 Å². The second-order valence-corrected chi connectivity index (χ2v) is 6.98. The van der Waals surface area contributed by atoms with E-state index in [-0.39, 0.29) is 6.03 Å². The summed E-state index contributed by atoms with van der Waals surface area (Å²) in [7, 11) is 8.08. The van der Waals surface area contributed by atoms with Crippen LogP contribution in [-0.4, -0.2) is 63.7 Å². The zero-order chi connectivity index (χ0) is 17.0. The van der Waals surface area contributed by atoms with E-state index in [4.69, 9.17) is 0 Å². The lowest BCUT2D eigenvalue weighted by atomic mass is 9.98. The van der Waals surface area contributed by atoms with Crippen LogP contribution in [0.25, 0.3) is 0 Å². The van der Waals surface area contributed by atoms with Crippen LogP contribution in [0, 0.1) is 12.8 Å². The van der Waals surface area contributed by atoms with Crippen LogP contribution < -0.4 is 10.2 Å². The van der Waals surface area contributed by atoms with Crippen LogP contribution in [0.5, 0.6) is 0 Å². The fourth-order valence-electron chi connectivity index (χ4n) is 3.35. The zero-order valence-electron chi connectivity index (χ0n) is 15.1. The molecule has 2 rings (SSSR count). The van der Waals surface area contributed by atoms with Crippen molar-refractivity contribution < 1.29 is 4.79 Å². The third kappa shape index (κ3) is 4.86. The Hall–Kier alpha value is -1.75. The first-order chi connectivity index (χ1) is 10.9. The molecule has 5 heteroatoms. The van der Waals surface area contributed by atoms with Crippen molar-refractivity contribution in [2.24, 2.45) is 5.92 Å². The van der Waals surface area contributed by atoms with E-state index in [1.807, 2.05) is 39.3 Å². The van der Waals surface area contributed by atoms with Crippen LogP contribution in [0.3, 0.4) is 0 Å². The normalized spacial score (nSPS) is 18.6. The maximum absolute atomic E-state index is 12.4. The highest BCUT2D eigenvalue weighted by Gasteiger charge is 2.20. The monoisotopic (exact) mass is 318 g/mol. The average Bonchev–Trinajstić information content (AvgIpc) is 2.46. The summed E-state index contributed by atoms with van der Waals surface area (Å²) in [6.07, 6.45) is 2.43. The first-order valence-electron chi connectivity index (χ1n) is 8.35. The smallest absolute Gasteiger partial charge is 0.321 e. The summed E-state index contributed by atoms with van der Waals surface area (Å²) in [6.45, 7) is 5.12. The summed E-state index contributed by atoms with van der Waals surface area (Å²) in [6, 6.07) is 5.99. The van der Waals surface area contributed by atoms with Crippen molar-refractivity contribution >= 4 is 17.4 Å². The van der Waals surface area contributed by atoms with Gasteiger partial charge in [-0.05, 0) is 63.0 Å². The molecule has 0 spiro atoms. The summed E-state index contributed by atoms with van der Waals surface area (Å²) < 4.78 is 0. The quantitative estimate of drug-likeness (QED) is 0.928. The number of hydrogen-bond acceptors (Lipinski definition) is 3. The lowest BCUT2D eigenvalue weighted by Crippen LogP contribution is -2.41. The molecule has 1 unspecified atom stereocenters. The van der Waals surface area contributed by atoms with Gasteiger partial charge in [0.1, 0.15) is 0 Å². The minimum atomic E-state index is -0.0322. The van der Waals surface area contributed by atoms with Gasteiger partial charge in [-0.15, -0.1) is 0 Å². The van der Waals surface area contributed by atoms with E-state index >= 15 is 0 Å². The number of rotatable bonds is 4. The number of benzene rings is 1. The average molecular weight is 318 g/mol. The summed E-state index contributed by atoms with van der Waals surface area (Å²) in [5, 5.41) is 3.00. The Morgan fingerprint density at radius 2 is 2.09 bits per heavy atom. The fourth-order valence-corrected chi connectivity index (χ4v) is 3.35. The molecule has 23 heavy (non-hydrogen) atoms. The first-order valence-corrected chi connectivity index (χ1v) is 8.35. The predicted molar refractivity (Wildman–Crippen MR) is 97.4 cm³/mol. The molecule has 1 aliphatic rings. The number of anilines is 2. The molecule has 1 aromatic rings. The number of urea groups is 1. The predicted octanol–water partition coefficient (Wildman–Crippen LogP) is 2.87. The maximum atomic E-state index is 12.4. The van der Waals surface area contributed by atoms with Crippen molar-refractivity contribution in [1.82, 2.24) is 9.80 Å². The summed E-state index contributed by atoms with van der Waals surface area (Å²) in [5.41, 5.74) is 3.18. The van der Waals surface area contributed by atoms with E-state index in [1.54, 1.807) is 4.90 Å². The minimum Gasteiger partial charge on any atom is -0.377 e. The fraction of sp³-hybridized carbons (Fsp3) is 0.611. The molecule has 1 fully saturated rings. The van der Waals surface area contributed by atoms with Gasteiger partial charge in [0.15, 0.2) is 0 Å². The van der Waals surface area contributed by atoms with E-state index < -0.39 is 0 Å². The Morgan fingerprint density at radius 1 is 1.35 bits per heavy atom. The molecule has 1 aromatic carbocycles. The van der Waals surface area contributed by atoms with E-state index in [1.165, 1.54) is 25.1 Å². The van der Waals surface area contributed by atoms with Gasteiger partial charge in [-0.1, -0.05) is 0 Å². The molecule has 128 valence electrons. The SMILES string of the molecule is Cc1cc(NC(=O)N(C)CC2CCCN(C)C2)ccc1N(C)C. The Labute approximate surface area is 140 Å². The first kappa shape index (κ1) is 17.6. The molecule has 0 saturated carbocycles. The third-order valence-corrected chi connectivity index (χ3v) is 4.53. The van der Waals surface area contributed by atoms with Gasteiger partial charge in [-0.2, -0.15) is 0 Å². The number of amides is 2. The van der Waals surface area contributed by atoms with Crippen LogP contribution in [0.2, 0.25) is 0 Å². The van der Waals surface area contributed by atoms with Gasteiger partial charge in [0.25, 0.3) is 0 Å². The van der Waals surface area contributed by atoms with Gasteiger partial charge in [0, 0.05) is 45.6 Å². The van der Waals surface area contributed by atoms with Gasteiger partial charge in [0.05, 0.1) is 0 Å². The molecule has 0 aliphatic carbocycles. The molecule has 1 N–H and O–H groups in total. The lowest BCUT2D eigenvalue weighted by molar-refractivity contribution is 0.170. The maximum Gasteiger partial charge on any atom is 0.321 e. The van der Waals surface area contributed by atoms with Gasteiger partial charge in [-0.3, -0.25) is 0 Å². The molecule has 0 radical (unpaired) electrons. The standard InChI is InChI=1S/C18H30N4O/c1-14-11-16(8-9-17(14)20(2)3)19-18(23)22(5)13-15-7-6-10-21(4)12-15/h8-9,11,15H,6-7,10,12-13H2,1-5H3,(H,19,23). The number of nitrogens with one attached hydrogen (secondary N) is 1. The van der Waals surface area contributed by atoms with Crippen molar-refractivity contribution in [3.8, 4) is 0 Å². The topological polar surface area (TPSA) is 38.8 Å². The second kappa shape index (κ2) is 7.68. The van der Waals surface area contributed by atoms with Crippen LogP contribution in [-0.2, 0) is 0 Å². The van der Waals surface area contributed by atoms with Gasteiger partial charge < -0.3 is 20.0 Å². The molecule has 2 amide bonds. The number of aryl methyl sites for hydroxylation is 1. The van der Waals surface area contributed by atoms with Gasteiger partial charge in [-0.25, -0.2) is 4.79 Å². The van der Waals surface area contributed by atoms with Crippen LogP contribution >= 0.6 is 0 Å². The van der Waals surface area contributed by atoms with Crippen molar-refractivity contribution in [3.05, 3.63) is 23.8 Å². The molecule has 0 aromatic heterocycles. The minimum absolute atomic E-state index is 0.0322. The Balaban J connectivity index is 1.91. The molecule has 1 atom stereocenters. The van der Waals surface area contributed by atoms with Crippen LogP contribution in [0.4, 0.5) is 16.2 Å². The molecular weight excluding hydrogens is 288 g/mol. The number of likely N-dealkylation sites (tertiary alicyclic amines) is 1. The second-order valence-electron chi connectivity index (χ2n) is 6.98. The van der Waals surface area contributed by atoms with E-state index in [0.29, 0.717) is 5.92 Å². The summed E-state index contributed by atoms with van der Waals surface area (Å²) in [4.78, 5) is 18.6.